The molecule has 104 valence electrons. The van der Waals surface area contributed by atoms with Gasteiger partial charge in [-0.2, -0.15) is 0 Å². The van der Waals surface area contributed by atoms with Crippen LogP contribution in [0.5, 0.6) is 0 Å². The molecule has 0 bridgehead atoms. The fourth-order valence-corrected chi connectivity index (χ4v) is 3.24. The molecule has 1 aromatic rings. The minimum atomic E-state index is 0.616. The first-order valence-electron chi connectivity index (χ1n) is 6.82. The van der Waals surface area contributed by atoms with Crippen LogP contribution in [0.2, 0.25) is 5.02 Å². The van der Waals surface area contributed by atoms with Crippen molar-refractivity contribution in [1.82, 2.24) is 4.90 Å². The maximum atomic E-state index is 6.36. The Kier molecular flexibility index (Phi) is 4.69. The van der Waals surface area contributed by atoms with Crippen LogP contribution in [-0.4, -0.2) is 29.6 Å². The Morgan fingerprint density at radius 2 is 2.05 bits per heavy atom. The van der Waals surface area contributed by atoms with Gasteiger partial charge in [0.25, 0.3) is 0 Å². The molecular weight excluding hydrogens is 276 g/mol. The molecule has 0 aliphatic carbocycles. The molecule has 1 aromatic carbocycles. The van der Waals surface area contributed by atoms with Crippen molar-refractivity contribution in [2.45, 2.75) is 27.2 Å². The number of benzene rings is 1. The van der Waals surface area contributed by atoms with Crippen molar-refractivity contribution in [2.75, 3.05) is 24.5 Å². The summed E-state index contributed by atoms with van der Waals surface area (Å²) in [4.78, 5) is 4.49. The predicted molar refractivity (Wildman–Crippen MR) is 87.2 cm³/mol. The van der Waals surface area contributed by atoms with E-state index in [0.29, 0.717) is 5.92 Å². The molecule has 0 atom stereocenters. The Labute approximate surface area is 126 Å². The molecule has 1 saturated heterocycles. The van der Waals surface area contributed by atoms with Gasteiger partial charge in [-0.05, 0) is 43.1 Å². The zero-order valence-corrected chi connectivity index (χ0v) is 13.4. The lowest BCUT2D eigenvalue weighted by molar-refractivity contribution is 0.345. The maximum absolute atomic E-state index is 6.36. The van der Waals surface area contributed by atoms with Gasteiger partial charge >= 0.3 is 0 Å². The first-order valence-corrected chi connectivity index (χ1v) is 7.61. The van der Waals surface area contributed by atoms with Crippen molar-refractivity contribution < 1.29 is 0 Å². The number of halogens is 1. The molecule has 2 nitrogen and oxygen atoms in total. The minimum absolute atomic E-state index is 0.616. The van der Waals surface area contributed by atoms with Crippen molar-refractivity contribution >= 4 is 34.6 Å². The van der Waals surface area contributed by atoms with Crippen LogP contribution in [-0.2, 0) is 0 Å². The molecule has 0 amide bonds. The first-order chi connectivity index (χ1) is 9.00. The second kappa shape index (κ2) is 6.10. The van der Waals surface area contributed by atoms with E-state index < -0.39 is 0 Å². The molecule has 2 rings (SSSR count). The van der Waals surface area contributed by atoms with Crippen molar-refractivity contribution in [2.24, 2.45) is 5.92 Å². The van der Waals surface area contributed by atoms with E-state index in [9.17, 15) is 0 Å². The molecule has 1 aliphatic rings. The third kappa shape index (κ3) is 3.21. The van der Waals surface area contributed by atoms with Gasteiger partial charge in [0.2, 0.25) is 0 Å². The van der Waals surface area contributed by atoms with Gasteiger partial charge in [-0.3, -0.25) is 0 Å². The van der Waals surface area contributed by atoms with Crippen LogP contribution in [0.1, 0.15) is 25.8 Å². The molecule has 19 heavy (non-hydrogen) atoms. The fourth-order valence-electron chi connectivity index (χ4n) is 2.56. The molecule has 0 unspecified atom stereocenters. The highest BCUT2D eigenvalue weighted by Gasteiger charge is 2.25. The van der Waals surface area contributed by atoms with Crippen molar-refractivity contribution in [1.29, 1.82) is 0 Å². The van der Waals surface area contributed by atoms with E-state index in [1.54, 1.807) is 0 Å². The van der Waals surface area contributed by atoms with Crippen LogP contribution in [0.4, 0.5) is 5.69 Å². The topological polar surface area (TPSA) is 6.48 Å². The number of thiocarbonyl (C=S) groups is 1. The molecule has 4 heteroatoms. The molecule has 1 aliphatic heterocycles. The van der Waals surface area contributed by atoms with Gasteiger partial charge in [-0.25, -0.2) is 0 Å². The van der Waals surface area contributed by atoms with E-state index in [0.717, 1.165) is 41.9 Å². The van der Waals surface area contributed by atoms with E-state index in [2.05, 4.69) is 36.6 Å². The fraction of sp³-hybridized carbons (Fsp3) is 0.533. The summed E-state index contributed by atoms with van der Waals surface area (Å²) >= 11 is 12.0. The Bertz CT molecular complexity index is 453. The summed E-state index contributed by atoms with van der Waals surface area (Å²) in [5.74, 6) is 0.616. The van der Waals surface area contributed by atoms with Gasteiger partial charge in [0.1, 0.15) is 0 Å². The van der Waals surface area contributed by atoms with Crippen LogP contribution in [0.25, 0.3) is 0 Å². The van der Waals surface area contributed by atoms with E-state index in [-0.39, 0.29) is 0 Å². The maximum Gasteiger partial charge on any atom is 0.176 e. The normalized spacial score (nSPS) is 16.4. The van der Waals surface area contributed by atoms with Gasteiger partial charge < -0.3 is 9.80 Å². The Morgan fingerprint density at radius 3 is 2.68 bits per heavy atom. The van der Waals surface area contributed by atoms with Crippen molar-refractivity contribution in [3.8, 4) is 0 Å². The zero-order chi connectivity index (χ0) is 14.0. The summed E-state index contributed by atoms with van der Waals surface area (Å²) in [7, 11) is 0. The molecule has 0 aromatic heterocycles. The lowest BCUT2D eigenvalue weighted by Crippen LogP contribution is -2.50. The number of hydrogen-bond donors (Lipinski definition) is 0. The number of anilines is 1. The lowest BCUT2D eigenvalue weighted by Gasteiger charge is -2.40. The highest BCUT2D eigenvalue weighted by atomic mass is 35.5. The number of rotatable bonds is 3. The van der Waals surface area contributed by atoms with Crippen LogP contribution >= 0.6 is 23.8 Å². The summed E-state index contributed by atoms with van der Waals surface area (Å²) in [6, 6.07) is 6.01. The quantitative estimate of drug-likeness (QED) is 0.775. The SMILES string of the molecule is Cc1cccc(Cl)c1N1CCCN(CC(C)C)C1=S. The molecule has 0 spiro atoms. The zero-order valence-electron chi connectivity index (χ0n) is 11.8. The molecular formula is C15H21ClN2S. The van der Waals surface area contributed by atoms with Gasteiger partial charge in [0.15, 0.2) is 5.11 Å². The van der Waals surface area contributed by atoms with E-state index >= 15 is 0 Å². The van der Waals surface area contributed by atoms with Crippen molar-refractivity contribution in [3.05, 3.63) is 28.8 Å². The average molecular weight is 297 g/mol. The van der Waals surface area contributed by atoms with E-state index in [4.69, 9.17) is 23.8 Å². The van der Waals surface area contributed by atoms with Crippen LogP contribution in [0.3, 0.4) is 0 Å². The summed E-state index contributed by atoms with van der Waals surface area (Å²) < 4.78 is 0. The van der Waals surface area contributed by atoms with Crippen LogP contribution < -0.4 is 4.90 Å². The Morgan fingerprint density at radius 1 is 1.32 bits per heavy atom. The third-order valence-corrected chi connectivity index (χ3v) is 4.14. The largest absolute Gasteiger partial charge is 0.349 e. The smallest absolute Gasteiger partial charge is 0.176 e. The number of para-hydroxylation sites is 1. The monoisotopic (exact) mass is 296 g/mol. The number of nitrogens with zero attached hydrogens (tertiary/aromatic N) is 2. The highest BCUT2D eigenvalue weighted by Crippen LogP contribution is 2.31. The first kappa shape index (κ1) is 14.6. The van der Waals surface area contributed by atoms with E-state index in [1.165, 1.54) is 5.56 Å². The lowest BCUT2D eigenvalue weighted by atomic mass is 10.1. The second-order valence-corrected chi connectivity index (χ2v) is 6.31. The third-order valence-electron chi connectivity index (χ3n) is 3.36. The Hall–Kier alpha value is -0.800. The highest BCUT2D eigenvalue weighted by molar-refractivity contribution is 7.80. The summed E-state index contributed by atoms with van der Waals surface area (Å²) in [6.07, 6.45) is 1.12. The number of aryl methyl sites for hydroxylation is 1. The van der Waals surface area contributed by atoms with Crippen LogP contribution in [0.15, 0.2) is 18.2 Å². The summed E-state index contributed by atoms with van der Waals surface area (Å²) in [5, 5.41) is 1.70. The molecule has 0 radical (unpaired) electrons. The van der Waals surface area contributed by atoms with Gasteiger partial charge in [0, 0.05) is 19.6 Å². The average Bonchev–Trinajstić information content (AvgIpc) is 2.33. The number of hydrogen-bond acceptors (Lipinski definition) is 1. The molecule has 0 N–H and O–H groups in total. The molecule has 1 fully saturated rings. The van der Waals surface area contributed by atoms with Gasteiger partial charge in [-0.1, -0.05) is 37.6 Å². The standard InChI is InChI=1S/C15H21ClN2S/c1-11(2)10-17-8-5-9-18(15(17)19)14-12(3)6-4-7-13(14)16/h4,6-7,11H,5,8-10H2,1-3H3. The minimum Gasteiger partial charge on any atom is -0.349 e. The Balaban J connectivity index is 2.27. The summed E-state index contributed by atoms with van der Waals surface area (Å²) in [5.41, 5.74) is 2.25. The molecule has 0 saturated carbocycles. The van der Waals surface area contributed by atoms with Crippen molar-refractivity contribution in [3.63, 3.8) is 0 Å². The van der Waals surface area contributed by atoms with Gasteiger partial charge in [-0.15, -0.1) is 0 Å². The second-order valence-electron chi connectivity index (χ2n) is 5.53. The predicted octanol–water partition coefficient (Wildman–Crippen LogP) is 4.10. The van der Waals surface area contributed by atoms with Gasteiger partial charge in [0.05, 0.1) is 10.7 Å². The molecule has 1 heterocycles. The van der Waals surface area contributed by atoms with E-state index in [1.807, 2.05) is 12.1 Å². The van der Waals surface area contributed by atoms with Crippen LogP contribution in [0, 0.1) is 12.8 Å². The summed E-state index contributed by atoms with van der Waals surface area (Å²) in [6.45, 7) is 9.56.